The maximum Gasteiger partial charge on any atom is 0.231 e. The molecule has 0 N–H and O–H groups in total. The van der Waals surface area contributed by atoms with Crippen LogP contribution in [-0.2, 0) is 6.54 Å². The summed E-state index contributed by atoms with van der Waals surface area (Å²) in [6.45, 7) is 3.51. The van der Waals surface area contributed by atoms with Gasteiger partial charge in [0.2, 0.25) is 5.52 Å². The minimum Gasteiger partial charge on any atom is -0.487 e. The van der Waals surface area contributed by atoms with E-state index in [9.17, 15) is 0 Å². The Hall–Kier alpha value is -2.42. The fourth-order valence-electron chi connectivity index (χ4n) is 2.25. The minimum atomic E-state index is 0.641. The first-order valence-electron chi connectivity index (χ1n) is 6.75. The molecule has 0 bridgehead atoms. The summed E-state index contributed by atoms with van der Waals surface area (Å²) in [4.78, 5) is 4.36. The van der Waals surface area contributed by atoms with Crippen LogP contribution in [0.2, 0.25) is 0 Å². The molecule has 2 aromatic carbocycles. The molecule has 20 heavy (non-hydrogen) atoms. The first-order chi connectivity index (χ1) is 9.83. The van der Waals surface area contributed by atoms with Crippen molar-refractivity contribution >= 4 is 11.0 Å². The van der Waals surface area contributed by atoms with E-state index in [0.717, 1.165) is 23.3 Å². The Morgan fingerprint density at radius 3 is 2.90 bits per heavy atom. The molecular formula is C17H17N2O+. The smallest absolute Gasteiger partial charge is 0.231 e. The van der Waals surface area contributed by atoms with E-state index in [4.69, 9.17) is 4.74 Å². The summed E-state index contributed by atoms with van der Waals surface area (Å²) < 4.78 is 7.96. The van der Waals surface area contributed by atoms with E-state index >= 15 is 0 Å². The van der Waals surface area contributed by atoms with E-state index in [0.29, 0.717) is 6.61 Å². The lowest BCUT2D eigenvalue weighted by molar-refractivity contribution is -0.672. The van der Waals surface area contributed by atoms with Crippen LogP contribution in [0.15, 0.2) is 60.9 Å². The summed E-state index contributed by atoms with van der Waals surface area (Å²) in [7, 11) is 0. The maximum atomic E-state index is 5.80. The molecule has 1 heterocycles. The predicted octanol–water partition coefficient (Wildman–Crippen LogP) is 2.91. The topological polar surface area (TPSA) is 26.0 Å². The van der Waals surface area contributed by atoms with Gasteiger partial charge in [0.05, 0.1) is 6.20 Å². The summed E-state index contributed by atoms with van der Waals surface area (Å²) in [5.74, 6) is 0.920. The summed E-state index contributed by atoms with van der Waals surface area (Å²) in [6, 6.07) is 16.3. The van der Waals surface area contributed by atoms with Crippen LogP contribution in [0.4, 0.5) is 0 Å². The zero-order valence-electron chi connectivity index (χ0n) is 11.5. The lowest BCUT2D eigenvalue weighted by Crippen LogP contribution is -2.37. The molecule has 100 valence electrons. The third-order valence-corrected chi connectivity index (χ3v) is 3.24. The fraction of sp³-hybridized carbons (Fsp3) is 0.176. The highest BCUT2D eigenvalue weighted by atomic mass is 16.5. The predicted molar refractivity (Wildman–Crippen MR) is 78.6 cm³/mol. The van der Waals surface area contributed by atoms with E-state index in [-0.39, 0.29) is 0 Å². The minimum absolute atomic E-state index is 0.641. The number of rotatable bonds is 4. The van der Waals surface area contributed by atoms with Crippen molar-refractivity contribution in [2.75, 3.05) is 6.61 Å². The molecule has 0 radical (unpaired) electrons. The number of benzene rings is 2. The van der Waals surface area contributed by atoms with Crippen LogP contribution < -0.4 is 9.30 Å². The zero-order valence-corrected chi connectivity index (χ0v) is 11.5. The van der Waals surface area contributed by atoms with Gasteiger partial charge >= 0.3 is 0 Å². The molecular weight excluding hydrogens is 248 g/mol. The summed E-state index contributed by atoms with van der Waals surface area (Å²) in [6.07, 6.45) is 3.82. The van der Waals surface area contributed by atoms with Crippen LogP contribution >= 0.6 is 0 Å². The quantitative estimate of drug-likeness (QED) is 0.678. The largest absolute Gasteiger partial charge is 0.487 e. The molecule has 0 aliphatic heterocycles. The Kier molecular flexibility index (Phi) is 3.59. The van der Waals surface area contributed by atoms with Crippen LogP contribution in [0.25, 0.3) is 11.0 Å². The third kappa shape index (κ3) is 2.77. The highest BCUT2D eigenvalue weighted by Gasteiger charge is 2.08. The van der Waals surface area contributed by atoms with Gasteiger partial charge in [-0.05, 0) is 30.7 Å². The Morgan fingerprint density at radius 1 is 1.10 bits per heavy atom. The van der Waals surface area contributed by atoms with Crippen molar-refractivity contribution in [1.29, 1.82) is 0 Å². The van der Waals surface area contributed by atoms with Gasteiger partial charge in [0.15, 0.2) is 12.7 Å². The van der Waals surface area contributed by atoms with E-state index in [1.54, 1.807) is 0 Å². The molecule has 0 amide bonds. The van der Waals surface area contributed by atoms with Crippen molar-refractivity contribution in [1.82, 2.24) is 4.98 Å². The second-order valence-corrected chi connectivity index (χ2v) is 4.77. The van der Waals surface area contributed by atoms with Crippen molar-refractivity contribution in [2.24, 2.45) is 0 Å². The molecule has 0 aliphatic carbocycles. The standard InChI is InChI=1S/C17H17N2O/c1-14-5-4-6-15(13-14)20-12-11-19-10-9-18-16-7-2-3-8-17(16)19/h2-10,13H,11-12H2,1H3/q+1. The van der Waals surface area contributed by atoms with Crippen molar-refractivity contribution in [3.8, 4) is 5.75 Å². The van der Waals surface area contributed by atoms with Crippen LogP contribution in [0.3, 0.4) is 0 Å². The molecule has 1 aromatic heterocycles. The molecule has 0 fully saturated rings. The number of hydrogen-bond donors (Lipinski definition) is 0. The van der Waals surface area contributed by atoms with Gasteiger partial charge in [-0.25, -0.2) is 4.98 Å². The SMILES string of the molecule is Cc1cccc(OCC[n+]2ccnc3ccccc32)c1. The Balaban J connectivity index is 1.71. The number of hydrogen-bond acceptors (Lipinski definition) is 2. The summed E-state index contributed by atoms with van der Waals surface area (Å²) in [5, 5.41) is 0. The average Bonchev–Trinajstić information content (AvgIpc) is 2.48. The second kappa shape index (κ2) is 5.70. The summed E-state index contributed by atoms with van der Waals surface area (Å²) >= 11 is 0. The fourth-order valence-corrected chi connectivity index (χ4v) is 2.25. The van der Waals surface area contributed by atoms with Gasteiger partial charge in [-0.1, -0.05) is 24.3 Å². The van der Waals surface area contributed by atoms with Gasteiger partial charge in [-0.3, -0.25) is 0 Å². The van der Waals surface area contributed by atoms with Gasteiger partial charge < -0.3 is 4.74 Å². The molecule has 3 rings (SSSR count). The average molecular weight is 265 g/mol. The molecule has 3 heteroatoms. The van der Waals surface area contributed by atoms with Gasteiger partial charge in [0.1, 0.15) is 17.9 Å². The van der Waals surface area contributed by atoms with Crippen LogP contribution in [-0.4, -0.2) is 11.6 Å². The number of fused-ring (bicyclic) bond motifs is 1. The molecule has 0 aliphatic rings. The highest BCUT2D eigenvalue weighted by Crippen LogP contribution is 2.12. The zero-order chi connectivity index (χ0) is 13.8. The van der Waals surface area contributed by atoms with E-state index in [1.807, 2.05) is 42.7 Å². The number of aromatic nitrogens is 2. The maximum absolute atomic E-state index is 5.80. The molecule has 3 aromatic rings. The Bertz CT molecular complexity index is 720. The van der Waals surface area contributed by atoms with Crippen LogP contribution in [0, 0.1) is 6.92 Å². The molecule has 0 saturated carbocycles. The second-order valence-electron chi connectivity index (χ2n) is 4.77. The molecule has 0 unspecified atom stereocenters. The van der Waals surface area contributed by atoms with Gasteiger partial charge in [-0.15, -0.1) is 0 Å². The Labute approximate surface area is 118 Å². The number of para-hydroxylation sites is 2. The summed E-state index contributed by atoms with van der Waals surface area (Å²) in [5.41, 5.74) is 3.35. The molecule has 0 atom stereocenters. The first kappa shape index (κ1) is 12.6. The lowest BCUT2D eigenvalue weighted by Gasteiger charge is -2.05. The molecule has 0 spiro atoms. The number of aryl methyl sites for hydroxylation is 1. The van der Waals surface area contributed by atoms with Gasteiger partial charge in [0, 0.05) is 6.07 Å². The van der Waals surface area contributed by atoms with Crippen molar-refractivity contribution in [2.45, 2.75) is 13.5 Å². The van der Waals surface area contributed by atoms with Crippen molar-refractivity contribution in [3.63, 3.8) is 0 Å². The third-order valence-electron chi connectivity index (χ3n) is 3.24. The number of nitrogens with zero attached hydrogens (tertiary/aromatic N) is 2. The van der Waals surface area contributed by atoms with E-state index < -0.39 is 0 Å². The normalized spacial score (nSPS) is 10.7. The van der Waals surface area contributed by atoms with Crippen LogP contribution in [0.1, 0.15) is 5.56 Å². The van der Waals surface area contributed by atoms with Crippen molar-refractivity contribution in [3.05, 3.63) is 66.5 Å². The molecule has 3 nitrogen and oxygen atoms in total. The van der Waals surface area contributed by atoms with Gasteiger partial charge in [-0.2, -0.15) is 4.57 Å². The van der Waals surface area contributed by atoms with Gasteiger partial charge in [0.25, 0.3) is 0 Å². The highest BCUT2D eigenvalue weighted by molar-refractivity contribution is 5.69. The number of ether oxygens (including phenoxy) is 1. The van der Waals surface area contributed by atoms with E-state index in [2.05, 4.69) is 34.7 Å². The van der Waals surface area contributed by atoms with E-state index in [1.165, 1.54) is 5.56 Å². The van der Waals surface area contributed by atoms with Crippen LogP contribution in [0.5, 0.6) is 5.75 Å². The lowest BCUT2D eigenvalue weighted by atomic mass is 10.2. The Morgan fingerprint density at radius 2 is 2.00 bits per heavy atom. The monoisotopic (exact) mass is 265 g/mol. The first-order valence-corrected chi connectivity index (χ1v) is 6.75. The molecule has 0 saturated heterocycles. The van der Waals surface area contributed by atoms with Crippen molar-refractivity contribution < 1.29 is 9.30 Å².